The molecule has 0 saturated heterocycles. The summed E-state index contributed by atoms with van der Waals surface area (Å²) < 4.78 is 10.6. The highest BCUT2D eigenvalue weighted by molar-refractivity contribution is 8.00. The molecule has 0 atom stereocenters. The van der Waals surface area contributed by atoms with E-state index in [1.807, 2.05) is 30.3 Å². The largest absolute Gasteiger partial charge is 0.454 e. The summed E-state index contributed by atoms with van der Waals surface area (Å²) in [5.74, 6) is 1.48. The minimum absolute atomic E-state index is 0.107. The van der Waals surface area contributed by atoms with Crippen LogP contribution in [0.4, 0.5) is 11.4 Å². The summed E-state index contributed by atoms with van der Waals surface area (Å²) in [6, 6.07) is 16.6. The Labute approximate surface area is 176 Å². The smallest absolute Gasteiger partial charge is 0.234 e. The molecular formula is C21H16ClN3O3S. The van der Waals surface area contributed by atoms with Crippen LogP contribution in [0.2, 0.25) is 5.15 Å². The Morgan fingerprint density at radius 3 is 2.97 bits per heavy atom. The Hall–Kier alpha value is -3.03. The highest BCUT2D eigenvalue weighted by Crippen LogP contribution is 2.34. The number of benzene rings is 2. The van der Waals surface area contributed by atoms with Crippen LogP contribution in [0.3, 0.4) is 0 Å². The molecular weight excluding hydrogens is 410 g/mol. The van der Waals surface area contributed by atoms with Crippen molar-refractivity contribution in [3.8, 4) is 11.5 Å². The third kappa shape index (κ3) is 5.07. The quantitative estimate of drug-likeness (QED) is 0.344. The van der Waals surface area contributed by atoms with E-state index in [0.29, 0.717) is 22.3 Å². The molecule has 0 spiro atoms. The molecule has 0 fully saturated rings. The first-order chi connectivity index (χ1) is 14.2. The van der Waals surface area contributed by atoms with Crippen molar-refractivity contribution in [2.75, 3.05) is 17.9 Å². The Morgan fingerprint density at radius 2 is 2.07 bits per heavy atom. The van der Waals surface area contributed by atoms with Crippen LogP contribution in [-0.4, -0.2) is 29.7 Å². The van der Waals surface area contributed by atoms with Crippen LogP contribution in [-0.2, 0) is 4.79 Å². The van der Waals surface area contributed by atoms with Crippen LogP contribution in [0.15, 0.2) is 70.7 Å². The lowest BCUT2D eigenvalue weighted by Crippen LogP contribution is -2.13. The second-order valence-corrected chi connectivity index (χ2v) is 7.45. The first-order valence-corrected chi connectivity index (χ1v) is 10.1. The van der Waals surface area contributed by atoms with Crippen molar-refractivity contribution in [2.24, 2.45) is 4.99 Å². The number of rotatable bonds is 6. The minimum Gasteiger partial charge on any atom is -0.454 e. The van der Waals surface area contributed by atoms with E-state index in [2.05, 4.69) is 15.3 Å². The van der Waals surface area contributed by atoms with Gasteiger partial charge in [-0.3, -0.25) is 9.79 Å². The summed E-state index contributed by atoms with van der Waals surface area (Å²) in [6.45, 7) is 0.203. The number of amides is 1. The molecule has 2 aromatic carbocycles. The Kier molecular flexibility index (Phi) is 5.97. The first-order valence-electron chi connectivity index (χ1n) is 8.74. The molecule has 0 aliphatic carbocycles. The molecule has 29 heavy (non-hydrogen) atoms. The van der Waals surface area contributed by atoms with E-state index in [9.17, 15) is 4.79 Å². The second-order valence-electron chi connectivity index (χ2n) is 6.04. The molecule has 3 aromatic rings. The number of halogens is 1. The van der Waals surface area contributed by atoms with E-state index in [4.69, 9.17) is 21.1 Å². The topological polar surface area (TPSA) is 72.8 Å². The number of carbonyl (C=O) groups excluding carboxylic acids is 1. The van der Waals surface area contributed by atoms with Gasteiger partial charge in [-0.05, 0) is 42.5 Å². The van der Waals surface area contributed by atoms with Gasteiger partial charge in [0.2, 0.25) is 12.7 Å². The maximum Gasteiger partial charge on any atom is 0.234 e. The molecule has 0 radical (unpaired) electrons. The van der Waals surface area contributed by atoms with Gasteiger partial charge in [-0.1, -0.05) is 17.7 Å². The standard InChI is InChI=1S/C21H16ClN3O3S/c22-21-14(3-2-8-23-21)11-24-15-4-1-5-17(9-15)29-12-20(26)25-16-6-7-18-19(10-16)28-13-27-18/h1-11H,12-13H2,(H,25,26). The molecule has 146 valence electrons. The molecule has 0 bridgehead atoms. The van der Waals surface area contributed by atoms with Gasteiger partial charge in [-0.15, -0.1) is 11.8 Å². The van der Waals surface area contributed by atoms with Gasteiger partial charge >= 0.3 is 0 Å². The summed E-state index contributed by atoms with van der Waals surface area (Å²) in [5.41, 5.74) is 2.19. The van der Waals surface area contributed by atoms with Crippen LogP contribution in [0.25, 0.3) is 0 Å². The molecule has 6 nitrogen and oxygen atoms in total. The predicted octanol–water partition coefficient (Wildman–Crippen LogP) is 4.95. The fourth-order valence-electron chi connectivity index (χ4n) is 2.61. The molecule has 1 N–H and O–H groups in total. The zero-order valence-corrected chi connectivity index (χ0v) is 16.7. The Morgan fingerprint density at radius 1 is 1.17 bits per heavy atom. The zero-order chi connectivity index (χ0) is 20.1. The first kappa shape index (κ1) is 19.3. The van der Waals surface area contributed by atoms with Crippen LogP contribution in [0.5, 0.6) is 11.5 Å². The maximum atomic E-state index is 12.3. The third-order valence-corrected chi connectivity index (χ3v) is 5.29. The molecule has 8 heteroatoms. The zero-order valence-electron chi connectivity index (χ0n) is 15.2. The molecule has 1 aliphatic rings. The molecule has 0 unspecified atom stereocenters. The number of nitrogens with zero attached hydrogens (tertiary/aromatic N) is 2. The number of hydrogen-bond donors (Lipinski definition) is 1. The molecule has 1 amide bonds. The molecule has 4 rings (SSSR count). The number of fused-ring (bicyclic) bond motifs is 1. The van der Waals surface area contributed by atoms with Gasteiger partial charge in [-0.2, -0.15) is 0 Å². The number of thioether (sulfide) groups is 1. The van der Waals surface area contributed by atoms with Gasteiger partial charge in [0.25, 0.3) is 0 Å². The lowest BCUT2D eigenvalue weighted by molar-refractivity contribution is -0.113. The number of pyridine rings is 1. The van der Waals surface area contributed by atoms with Gasteiger partial charge in [0.05, 0.1) is 11.4 Å². The number of hydrogen-bond acceptors (Lipinski definition) is 6. The van der Waals surface area contributed by atoms with Crippen molar-refractivity contribution in [2.45, 2.75) is 4.90 Å². The molecule has 2 heterocycles. The van der Waals surface area contributed by atoms with E-state index >= 15 is 0 Å². The average Bonchev–Trinajstić information content (AvgIpc) is 3.20. The molecule has 0 saturated carbocycles. The normalized spacial score (nSPS) is 12.3. The number of nitrogens with one attached hydrogen (secondary N) is 1. The predicted molar refractivity (Wildman–Crippen MR) is 115 cm³/mol. The second kappa shape index (κ2) is 8.98. The van der Waals surface area contributed by atoms with Gasteiger partial charge in [0.1, 0.15) is 5.15 Å². The van der Waals surface area contributed by atoms with Gasteiger partial charge in [-0.25, -0.2) is 4.98 Å². The highest BCUT2D eigenvalue weighted by atomic mass is 35.5. The number of ether oxygens (including phenoxy) is 2. The van der Waals surface area contributed by atoms with Crippen LogP contribution < -0.4 is 14.8 Å². The number of anilines is 1. The Bertz CT molecular complexity index is 1070. The van der Waals surface area contributed by atoms with Crippen LogP contribution in [0.1, 0.15) is 5.56 Å². The van der Waals surface area contributed by atoms with Crippen molar-refractivity contribution in [3.63, 3.8) is 0 Å². The van der Waals surface area contributed by atoms with Crippen LogP contribution >= 0.6 is 23.4 Å². The summed E-state index contributed by atoms with van der Waals surface area (Å²) in [5, 5.41) is 3.27. The van der Waals surface area contributed by atoms with E-state index in [-0.39, 0.29) is 18.5 Å². The van der Waals surface area contributed by atoms with E-state index in [0.717, 1.165) is 16.1 Å². The molecule has 1 aromatic heterocycles. The summed E-state index contributed by atoms with van der Waals surface area (Å²) in [7, 11) is 0. The molecule has 1 aliphatic heterocycles. The average molecular weight is 426 g/mol. The number of carbonyl (C=O) groups is 1. The third-order valence-electron chi connectivity index (χ3n) is 3.98. The van der Waals surface area contributed by atoms with E-state index in [1.54, 1.807) is 36.7 Å². The summed E-state index contributed by atoms with van der Waals surface area (Å²) in [4.78, 5) is 21.7. The monoisotopic (exact) mass is 425 g/mol. The van der Waals surface area contributed by atoms with Crippen molar-refractivity contribution in [1.82, 2.24) is 4.98 Å². The SMILES string of the molecule is O=C(CSc1cccc(N=Cc2cccnc2Cl)c1)Nc1ccc2c(c1)OCO2. The van der Waals surface area contributed by atoms with Crippen LogP contribution in [0, 0.1) is 0 Å². The Balaban J connectivity index is 1.34. The lowest BCUT2D eigenvalue weighted by Gasteiger charge is -2.06. The highest BCUT2D eigenvalue weighted by Gasteiger charge is 2.14. The van der Waals surface area contributed by atoms with Gasteiger partial charge in [0.15, 0.2) is 11.5 Å². The summed E-state index contributed by atoms with van der Waals surface area (Å²) in [6.07, 6.45) is 3.30. The van der Waals surface area contributed by atoms with Gasteiger partial charge in [0, 0.05) is 34.6 Å². The van der Waals surface area contributed by atoms with Crippen molar-refractivity contribution < 1.29 is 14.3 Å². The maximum absolute atomic E-state index is 12.3. The van der Waals surface area contributed by atoms with Crippen molar-refractivity contribution >= 4 is 46.9 Å². The number of aliphatic imine (C=N–C) groups is 1. The van der Waals surface area contributed by atoms with Crippen molar-refractivity contribution in [1.29, 1.82) is 0 Å². The minimum atomic E-state index is -0.107. The van der Waals surface area contributed by atoms with E-state index in [1.165, 1.54) is 11.8 Å². The number of aromatic nitrogens is 1. The lowest BCUT2D eigenvalue weighted by atomic mass is 10.3. The van der Waals surface area contributed by atoms with Gasteiger partial charge < -0.3 is 14.8 Å². The van der Waals surface area contributed by atoms with E-state index < -0.39 is 0 Å². The fourth-order valence-corrected chi connectivity index (χ4v) is 3.53. The van der Waals surface area contributed by atoms with Crippen molar-refractivity contribution in [3.05, 3.63) is 71.5 Å². The fraction of sp³-hybridized carbons (Fsp3) is 0.0952. The summed E-state index contributed by atoms with van der Waals surface area (Å²) >= 11 is 7.47.